The molecule has 0 spiro atoms. The molecule has 25 heavy (non-hydrogen) atoms. The zero-order valence-corrected chi connectivity index (χ0v) is 14.7. The number of carbonyl (C=O) groups excluding carboxylic acids is 1. The second-order valence-corrected chi connectivity index (χ2v) is 7.57. The molecule has 1 aliphatic rings. The summed E-state index contributed by atoms with van der Waals surface area (Å²) in [6, 6.07) is 14.6. The van der Waals surface area contributed by atoms with Crippen LogP contribution >= 0.6 is 0 Å². The van der Waals surface area contributed by atoms with Crippen LogP contribution in [0.2, 0.25) is 0 Å². The van der Waals surface area contributed by atoms with Gasteiger partial charge in [0.2, 0.25) is 0 Å². The van der Waals surface area contributed by atoms with Gasteiger partial charge in [-0.15, -0.1) is 0 Å². The number of carbonyl (C=O) groups is 1. The van der Waals surface area contributed by atoms with Gasteiger partial charge in [-0.25, -0.2) is 22.5 Å². The summed E-state index contributed by atoms with van der Waals surface area (Å²) in [6.45, 7) is 1.81. The second kappa shape index (κ2) is 6.68. The van der Waals surface area contributed by atoms with Gasteiger partial charge in [0.15, 0.2) is 6.04 Å². The number of sulfonamides is 1. The first-order valence-electron chi connectivity index (χ1n) is 7.74. The molecule has 2 aromatic rings. The highest BCUT2D eigenvalue weighted by molar-refractivity contribution is 7.89. The monoisotopic (exact) mass is 358 g/mol. The van der Waals surface area contributed by atoms with Gasteiger partial charge in [-0.2, -0.15) is 0 Å². The lowest BCUT2D eigenvalue weighted by atomic mass is 10.2. The number of hydrogen-bond acceptors (Lipinski definition) is 5. The summed E-state index contributed by atoms with van der Waals surface area (Å²) in [5, 5.41) is 0. The predicted molar refractivity (Wildman–Crippen MR) is 93.9 cm³/mol. The quantitative estimate of drug-likeness (QED) is 0.783. The highest BCUT2D eigenvalue weighted by Crippen LogP contribution is 2.25. The molecule has 1 atom stereocenters. The molecule has 7 heteroatoms. The van der Waals surface area contributed by atoms with E-state index in [1.165, 1.54) is 11.4 Å². The topological polar surface area (TPSA) is 76.0 Å². The van der Waals surface area contributed by atoms with Crippen LogP contribution in [-0.2, 0) is 19.6 Å². The van der Waals surface area contributed by atoms with Gasteiger partial charge in [-0.3, -0.25) is 0 Å². The van der Waals surface area contributed by atoms with Crippen LogP contribution in [0, 0.1) is 6.92 Å². The van der Waals surface area contributed by atoms with Gasteiger partial charge in [-0.05, 0) is 19.1 Å². The number of aryl methyl sites for hydroxylation is 1. The normalized spacial score (nSPS) is 17.3. The molecule has 0 aliphatic carbocycles. The van der Waals surface area contributed by atoms with E-state index in [1.54, 1.807) is 48.5 Å². The number of rotatable bonds is 4. The lowest BCUT2D eigenvalue weighted by Gasteiger charge is -2.21. The second-order valence-electron chi connectivity index (χ2n) is 5.71. The van der Waals surface area contributed by atoms with Crippen molar-refractivity contribution < 1.29 is 17.9 Å². The molecule has 1 heterocycles. The SMILES string of the molecule is COC(=O)[C@@H]1CN(S(=O)(=O)c2ccc(C)cc2)C(c2ccccc2)=N1. The van der Waals surface area contributed by atoms with Crippen LogP contribution in [0.3, 0.4) is 0 Å². The average molecular weight is 358 g/mol. The Morgan fingerprint density at radius 1 is 1.12 bits per heavy atom. The van der Waals surface area contributed by atoms with Gasteiger partial charge in [0, 0.05) is 5.56 Å². The Morgan fingerprint density at radius 3 is 2.36 bits per heavy atom. The number of esters is 1. The molecule has 0 saturated heterocycles. The van der Waals surface area contributed by atoms with Crippen LogP contribution in [0.4, 0.5) is 0 Å². The maximum Gasteiger partial charge on any atom is 0.332 e. The van der Waals surface area contributed by atoms with Crippen LogP contribution in [0.1, 0.15) is 11.1 Å². The summed E-state index contributed by atoms with van der Waals surface area (Å²) in [5.74, 6) is -0.313. The highest BCUT2D eigenvalue weighted by atomic mass is 32.2. The molecular weight excluding hydrogens is 340 g/mol. The average Bonchev–Trinajstić information content (AvgIpc) is 3.08. The van der Waals surface area contributed by atoms with Crippen molar-refractivity contribution in [1.29, 1.82) is 0 Å². The van der Waals surface area contributed by atoms with Gasteiger partial charge in [0.25, 0.3) is 10.0 Å². The molecule has 0 saturated carbocycles. The molecule has 0 aromatic heterocycles. The number of methoxy groups -OCH3 is 1. The number of benzene rings is 2. The van der Waals surface area contributed by atoms with Gasteiger partial charge < -0.3 is 4.74 Å². The Hall–Kier alpha value is -2.67. The van der Waals surface area contributed by atoms with Crippen LogP contribution in [-0.4, -0.2) is 44.2 Å². The van der Waals surface area contributed by atoms with Crippen molar-refractivity contribution in [2.45, 2.75) is 17.9 Å². The van der Waals surface area contributed by atoms with Crippen molar-refractivity contribution in [1.82, 2.24) is 4.31 Å². The molecule has 130 valence electrons. The van der Waals surface area contributed by atoms with E-state index in [1.807, 2.05) is 13.0 Å². The summed E-state index contributed by atoms with van der Waals surface area (Å²) < 4.78 is 32.1. The van der Waals surface area contributed by atoms with E-state index in [0.717, 1.165) is 5.56 Å². The first-order valence-corrected chi connectivity index (χ1v) is 9.18. The minimum atomic E-state index is -3.83. The van der Waals surface area contributed by atoms with E-state index in [2.05, 4.69) is 4.99 Å². The smallest absolute Gasteiger partial charge is 0.332 e. The zero-order valence-electron chi connectivity index (χ0n) is 13.9. The third-order valence-corrected chi connectivity index (χ3v) is 5.74. The van der Waals surface area contributed by atoms with Crippen molar-refractivity contribution in [3.8, 4) is 0 Å². The standard InChI is InChI=1S/C18H18N2O4S/c1-13-8-10-15(11-9-13)25(22,23)20-12-16(18(21)24-2)19-17(20)14-6-4-3-5-7-14/h3-11,16H,12H2,1-2H3/t16-/m0/s1. The summed E-state index contributed by atoms with van der Waals surface area (Å²) in [4.78, 5) is 16.4. The van der Waals surface area contributed by atoms with Crippen molar-refractivity contribution in [3.05, 3.63) is 65.7 Å². The molecule has 1 aliphatic heterocycles. The first-order chi connectivity index (χ1) is 11.9. The molecule has 0 unspecified atom stereocenters. The molecule has 0 amide bonds. The van der Waals surface area contributed by atoms with E-state index in [-0.39, 0.29) is 17.3 Å². The van der Waals surface area contributed by atoms with Gasteiger partial charge >= 0.3 is 5.97 Å². The number of aliphatic imine (C=N–C) groups is 1. The molecule has 0 radical (unpaired) electrons. The largest absolute Gasteiger partial charge is 0.467 e. The highest BCUT2D eigenvalue weighted by Gasteiger charge is 2.38. The van der Waals surface area contributed by atoms with Crippen LogP contribution in [0.5, 0.6) is 0 Å². The maximum atomic E-state index is 13.1. The Morgan fingerprint density at radius 2 is 1.76 bits per heavy atom. The molecule has 0 fully saturated rings. The van der Waals surface area contributed by atoms with Crippen LogP contribution in [0.25, 0.3) is 0 Å². The van der Waals surface area contributed by atoms with Crippen molar-refractivity contribution in [3.63, 3.8) is 0 Å². The summed E-state index contributed by atoms with van der Waals surface area (Å²) in [5.41, 5.74) is 1.59. The fraction of sp³-hybridized carbons (Fsp3) is 0.222. The number of hydrogen-bond donors (Lipinski definition) is 0. The van der Waals surface area contributed by atoms with Gasteiger partial charge in [0.05, 0.1) is 18.6 Å². The maximum absolute atomic E-state index is 13.1. The number of ether oxygens (including phenoxy) is 1. The minimum Gasteiger partial charge on any atom is -0.467 e. The van der Waals surface area contributed by atoms with Crippen LogP contribution in [0.15, 0.2) is 64.5 Å². The molecule has 0 bridgehead atoms. The van der Waals surface area contributed by atoms with E-state index in [0.29, 0.717) is 5.56 Å². The summed E-state index contributed by atoms with van der Waals surface area (Å²) in [7, 11) is -2.57. The molecule has 6 nitrogen and oxygen atoms in total. The number of nitrogens with zero attached hydrogens (tertiary/aromatic N) is 2. The molecular formula is C18H18N2O4S. The molecule has 2 aromatic carbocycles. The van der Waals surface area contributed by atoms with Crippen molar-refractivity contribution >= 4 is 21.8 Å². The Kier molecular flexibility index (Phi) is 4.59. The van der Waals surface area contributed by atoms with E-state index >= 15 is 0 Å². The van der Waals surface area contributed by atoms with E-state index in [4.69, 9.17) is 4.74 Å². The summed E-state index contributed by atoms with van der Waals surface area (Å²) >= 11 is 0. The Bertz CT molecular complexity index is 906. The van der Waals surface area contributed by atoms with Crippen LogP contribution < -0.4 is 0 Å². The lowest BCUT2D eigenvalue weighted by Crippen LogP contribution is -2.37. The fourth-order valence-electron chi connectivity index (χ4n) is 2.61. The third kappa shape index (κ3) is 3.28. The molecule has 3 rings (SSSR count). The van der Waals surface area contributed by atoms with E-state index in [9.17, 15) is 13.2 Å². The van der Waals surface area contributed by atoms with E-state index < -0.39 is 22.0 Å². The van der Waals surface area contributed by atoms with Crippen molar-refractivity contribution in [2.75, 3.05) is 13.7 Å². The van der Waals surface area contributed by atoms with Gasteiger partial charge in [0.1, 0.15) is 5.84 Å². The number of amidine groups is 1. The Balaban J connectivity index is 2.05. The minimum absolute atomic E-state index is 0.0763. The first kappa shape index (κ1) is 17.2. The zero-order chi connectivity index (χ0) is 18.0. The van der Waals surface area contributed by atoms with Gasteiger partial charge in [-0.1, -0.05) is 48.0 Å². The fourth-order valence-corrected chi connectivity index (χ4v) is 4.07. The third-order valence-electron chi connectivity index (χ3n) is 3.97. The van der Waals surface area contributed by atoms with Crippen molar-refractivity contribution in [2.24, 2.45) is 4.99 Å². The molecule has 0 N–H and O–H groups in total. The summed E-state index contributed by atoms with van der Waals surface area (Å²) in [6.07, 6.45) is 0. The lowest BCUT2D eigenvalue weighted by molar-refractivity contribution is -0.141. The Labute approximate surface area is 146 Å². The predicted octanol–water partition coefficient (Wildman–Crippen LogP) is 1.99.